The van der Waals surface area contributed by atoms with E-state index in [1.54, 1.807) is 0 Å². The quantitative estimate of drug-likeness (QED) is 0.593. The molecule has 17 heavy (non-hydrogen) atoms. The zero-order chi connectivity index (χ0) is 12.8. The lowest BCUT2D eigenvalue weighted by Crippen LogP contribution is -2.20. The minimum Gasteiger partial charge on any atom is -0.396 e. The van der Waals surface area contributed by atoms with Gasteiger partial charge in [0.1, 0.15) is 5.69 Å². The van der Waals surface area contributed by atoms with E-state index >= 15 is 0 Å². The number of anilines is 1. The molecule has 0 saturated heterocycles. The highest BCUT2D eigenvalue weighted by molar-refractivity contribution is 5.62. The second-order valence-corrected chi connectivity index (χ2v) is 3.65. The van der Waals surface area contributed by atoms with Crippen molar-refractivity contribution in [3.8, 4) is 0 Å². The molecule has 1 atom stereocenters. The van der Waals surface area contributed by atoms with Crippen molar-refractivity contribution >= 4 is 11.4 Å². The lowest BCUT2D eigenvalue weighted by molar-refractivity contribution is -0.386. The van der Waals surface area contributed by atoms with Gasteiger partial charge in [0.05, 0.1) is 4.92 Å². The third-order valence-electron chi connectivity index (χ3n) is 2.50. The molecule has 0 heterocycles. The highest BCUT2D eigenvalue weighted by Gasteiger charge is 2.21. The minimum absolute atomic E-state index is 0.0192. The van der Waals surface area contributed by atoms with Crippen LogP contribution in [0.4, 0.5) is 15.8 Å². The van der Waals surface area contributed by atoms with Crippen LogP contribution < -0.4 is 5.32 Å². The van der Waals surface area contributed by atoms with E-state index in [0.29, 0.717) is 12.8 Å². The summed E-state index contributed by atoms with van der Waals surface area (Å²) >= 11 is 0. The van der Waals surface area contributed by atoms with Crippen molar-refractivity contribution in [2.75, 3.05) is 11.9 Å². The van der Waals surface area contributed by atoms with Gasteiger partial charge in [-0.3, -0.25) is 10.1 Å². The van der Waals surface area contributed by atoms with Gasteiger partial charge in [-0.25, -0.2) is 0 Å². The Hall–Kier alpha value is -1.69. The third-order valence-corrected chi connectivity index (χ3v) is 2.50. The maximum absolute atomic E-state index is 13.3. The summed E-state index contributed by atoms with van der Waals surface area (Å²) in [7, 11) is 0. The predicted octanol–water partition coefficient (Wildman–Crippen LogP) is 2.31. The van der Waals surface area contributed by atoms with Crippen LogP contribution in [0.15, 0.2) is 18.2 Å². The fourth-order valence-corrected chi connectivity index (χ4v) is 1.57. The molecule has 0 radical (unpaired) electrons. The second kappa shape index (κ2) is 6.15. The Labute approximate surface area is 98.4 Å². The van der Waals surface area contributed by atoms with Crippen LogP contribution in [0.5, 0.6) is 0 Å². The molecule has 0 aliphatic carbocycles. The number of para-hydroxylation sites is 1. The number of aliphatic hydroxyl groups is 1. The van der Waals surface area contributed by atoms with Crippen molar-refractivity contribution in [3.63, 3.8) is 0 Å². The summed E-state index contributed by atoms with van der Waals surface area (Å²) in [5, 5.41) is 22.5. The number of nitro groups is 1. The first-order valence-electron chi connectivity index (χ1n) is 5.40. The number of halogens is 1. The number of hydrogen-bond donors (Lipinski definition) is 2. The van der Waals surface area contributed by atoms with Crippen LogP contribution >= 0.6 is 0 Å². The van der Waals surface area contributed by atoms with Crippen LogP contribution in [0.1, 0.15) is 19.8 Å². The number of hydrogen-bond acceptors (Lipinski definition) is 4. The van der Waals surface area contributed by atoms with Gasteiger partial charge in [-0.05, 0) is 25.0 Å². The molecule has 94 valence electrons. The lowest BCUT2D eigenvalue weighted by Gasteiger charge is -2.17. The van der Waals surface area contributed by atoms with Crippen LogP contribution in [-0.2, 0) is 0 Å². The van der Waals surface area contributed by atoms with Gasteiger partial charge in [0.15, 0.2) is 0 Å². The van der Waals surface area contributed by atoms with E-state index in [-0.39, 0.29) is 18.3 Å². The van der Waals surface area contributed by atoms with Crippen molar-refractivity contribution in [1.29, 1.82) is 0 Å². The van der Waals surface area contributed by atoms with Gasteiger partial charge in [-0.1, -0.05) is 13.0 Å². The molecule has 0 bridgehead atoms. The van der Waals surface area contributed by atoms with Crippen molar-refractivity contribution in [2.45, 2.75) is 25.8 Å². The number of nitro benzene ring substituents is 1. The molecule has 0 aliphatic heterocycles. The molecule has 5 nitrogen and oxygen atoms in total. The predicted molar refractivity (Wildman–Crippen MR) is 62.5 cm³/mol. The zero-order valence-electron chi connectivity index (χ0n) is 9.52. The zero-order valence-corrected chi connectivity index (χ0v) is 9.52. The van der Waals surface area contributed by atoms with E-state index in [1.165, 1.54) is 12.1 Å². The normalized spacial score (nSPS) is 12.2. The molecule has 0 aromatic heterocycles. The molecule has 1 aromatic carbocycles. The first-order valence-corrected chi connectivity index (χ1v) is 5.40. The smallest absolute Gasteiger partial charge is 0.327 e. The van der Waals surface area contributed by atoms with Crippen molar-refractivity contribution in [3.05, 3.63) is 34.1 Å². The van der Waals surface area contributed by atoms with Gasteiger partial charge in [0.25, 0.3) is 0 Å². The Morgan fingerprint density at radius 3 is 2.82 bits per heavy atom. The van der Waals surface area contributed by atoms with Crippen LogP contribution in [0.3, 0.4) is 0 Å². The number of nitrogens with zero attached hydrogens (tertiary/aromatic N) is 1. The van der Waals surface area contributed by atoms with Crippen molar-refractivity contribution in [1.82, 2.24) is 0 Å². The maximum Gasteiger partial charge on any atom is 0.327 e. The Morgan fingerprint density at radius 1 is 1.59 bits per heavy atom. The molecule has 1 aromatic rings. The number of benzene rings is 1. The van der Waals surface area contributed by atoms with E-state index in [2.05, 4.69) is 5.32 Å². The maximum atomic E-state index is 13.3. The SMILES string of the molecule is CCC(CCO)Nc1cccc(F)c1[N+](=O)[O-]. The van der Waals surface area contributed by atoms with Gasteiger partial charge in [0, 0.05) is 12.6 Å². The summed E-state index contributed by atoms with van der Waals surface area (Å²) in [6.45, 7) is 1.87. The topological polar surface area (TPSA) is 75.4 Å². The first kappa shape index (κ1) is 13.4. The molecule has 0 aliphatic rings. The Bertz CT molecular complexity index is 398. The summed E-state index contributed by atoms with van der Waals surface area (Å²) in [6.07, 6.45) is 1.15. The third kappa shape index (κ3) is 3.39. The van der Waals surface area contributed by atoms with Gasteiger partial charge in [0.2, 0.25) is 5.82 Å². The summed E-state index contributed by atoms with van der Waals surface area (Å²) in [6, 6.07) is 3.81. The van der Waals surface area contributed by atoms with E-state index in [1.807, 2.05) is 6.92 Å². The van der Waals surface area contributed by atoms with E-state index in [9.17, 15) is 14.5 Å². The van der Waals surface area contributed by atoms with Crippen molar-refractivity contribution < 1.29 is 14.4 Å². The molecule has 0 saturated carbocycles. The molecule has 0 amide bonds. The van der Waals surface area contributed by atoms with Gasteiger partial charge < -0.3 is 10.4 Å². The summed E-state index contributed by atoms with van der Waals surface area (Å²) in [5.41, 5.74) is -0.404. The molecular formula is C11H15FN2O3. The average Bonchev–Trinajstić information content (AvgIpc) is 2.28. The summed E-state index contributed by atoms with van der Waals surface area (Å²) in [5.74, 6) is -0.862. The molecule has 0 spiro atoms. The van der Waals surface area contributed by atoms with Crippen LogP contribution in [0.2, 0.25) is 0 Å². The average molecular weight is 242 g/mol. The highest BCUT2D eigenvalue weighted by atomic mass is 19.1. The van der Waals surface area contributed by atoms with Gasteiger partial charge in [-0.2, -0.15) is 4.39 Å². The summed E-state index contributed by atoms with van der Waals surface area (Å²) < 4.78 is 13.3. The molecule has 1 rings (SSSR count). The Kier molecular flexibility index (Phi) is 4.84. The van der Waals surface area contributed by atoms with Gasteiger partial charge in [-0.15, -0.1) is 0 Å². The number of aliphatic hydroxyl groups excluding tert-OH is 1. The fourth-order valence-electron chi connectivity index (χ4n) is 1.57. The second-order valence-electron chi connectivity index (χ2n) is 3.65. The van der Waals surface area contributed by atoms with Crippen LogP contribution in [-0.4, -0.2) is 22.7 Å². The molecule has 0 fully saturated rings. The van der Waals surface area contributed by atoms with Crippen LogP contribution in [0.25, 0.3) is 0 Å². The minimum atomic E-state index is -0.862. The highest BCUT2D eigenvalue weighted by Crippen LogP contribution is 2.28. The number of rotatable bonds is 6. The monoisotopic (exact) mass is 242 g/mol. The van der Waals surface area contributed by atoms with E-state index in [0.717, 1.165) is 6.07 Å². The van der Waals surface area contributed by atoms with E-state index < -0.39 is 16.4 Å². The molecular weight excluding hydrogens is 227 g/mol. The Balaban J connectivity index is 2.97. The summed E-state index contributed by atoms with van der Waals surface area (Å²) in [4.78, 5) is 10.00. The molecule has 2 N–H and O–H groups in total. The largest absolute Gasteiger partial charge is 0.396 e. The van der Waals surface area contributed by atoms with Crippen molar-refractivity contribution in [2.24, 2.45) is 0 Å². The molecule has 1 unspecified atom stereocenters. The lowest BCUT2D eigenvalue weighted by atomic mass is 10.1. The number of nitrogens with one attached hydrogen (secondary N) is 1. The first-order chi connectivity index (χ1) is 8.10. The van der Waals surface area contributed by atoms with E-state index in [4.69, 9.17) is 5.11 Å². The van der Waals surface area contributed by atoms with Crippen LogP contribution in [0, 0.1) is 15.9 Å². The Morgan fingerprint density at radius 2 is 2.29 bits per heavy atom. The fraction of sp³-hybridized carbons (Fsp3) is 0.455. The van der Waals surface area contributed by atoms with Gasteiger partial charge >= 0.3 is 5.69 Å². The standard InChI is InChI=1S/C11H15FN2O3/c1-2-8(6-7-15)13-10-5-3-4-9(12)11(10)14(16)17/h3-5,8,13,15H,2,6-7H2,1H3. The molecule has 6 heteroatoms.